The zero-order valence-corrected chi connectivity index (χ0v) is 11.6. The van der Waals surface area contributed by atoms with Crippen molar-refractivity contribution in [3.05, 3.63) is 35.9 Å². The number of rotatable bonds is 5. The molecule has 1 aromatic rings. The average Bonchev–Trinajstić information content (AvgIpc) is 2.82. The van der Waals surface area contributed by atoms with Crippen molar-refractivity contribution in [2.45, 2.75) is 32.6 Å². The van der Waals surface area contributed by atoms with Gasteiger partial charge in [0.15, 0.2) is 11.6 Å². The second kappa shape index (κ2) is 5.99. The van der Waals surface area contributed by atoms with Crippen LogP contribution >= 0.6 is 0 Å². The van der Waals surface area contributed by atoms with E-state index in [2.05, 4.69) is 0 Å². The first-order valence-corrected chi connectivity index (χ1v) is 6.89. The van der Waals surface area contributed by atoms with Gasteiger partial charge in [-0.2, -0.15) is 0 Å². The van der Waals surface area contributed by atoms with Crippen molar-refractivity contribution >= 4 is 17.5 Å². The minimum absolute atomic E-state index is 0.0886. The molecule has 0 saturated heterocycles. The van der Waals surface area contributed by atoms with Crippen LogP contribution in [0.25, 0.3) is 0 Å². The molecule has 2 rings (SSSR count). The number of hydrogen-bond acceptors (Lipinski definition) is 4. The molecule has 0 unspecified atom stereocenters. The number of benzene rings is 1. The molecule has 0 bridgehead atoms. The summed E-state index contributed by atoms with van der Waals surface area (Å²) in [7, 11) is 0. The highest BCUT2D eigenvalue weighted by Crippen LogP contribution is 2.40. The maximum absolute atomic E-state index is 12.3. The van der Waals surface area contributed by atoms with E-state index in [9.17, 15) is 14.4 Å². The van der Waals surface area contributed by atoms with E-state index in [-0.39, 0.29) is 24.6 Å². The summed E-state index contributed by atoms with van der Waals surface area (Å²) in [6, 6.07) is 8.74. The molecule has 1 aliphatic rings. The first kappa shape index (κ1) is 14.4. The van der Waals surface area contributed by atoms with Crippen molar-refractivity contribution in [1.82, 2.24) is 0 Å². The van der Waals surface area contributed by atoms with E-state index in [0.717, 1.165) is 0 Å². The second-order valence-corrected chi connectivity index (χ2v) is 5.05. The lowest BCUT2D eigenvalue weighted by Crippen LogP contribution is -2.39. The van der Waals surface area contributed by atoms with Gasteiger partial charge in [-0.1, -0.05) is 30.3 Å². The Morgan fingerprint density at radius 1 is 1.25 bits per heavy atom. The number of hydrogen-bond donors (Lipinski definition) is 0. The zero-order chi connectivity index (χ0) is 14.6. The molecule has 1 atom stereocenters. The summed E-state index contributed by atoms with van der Waals surface area (Å²) in [4.78, 5) is 36.6. The molecule has 1 saturated carbocycles. The number of carbonyl (C=O) groups is 3. The predicted octanol–water partition coefficient (Wildman–Crippen LogP) is 2.56. The van der Waals surface area contributed by atoms with E-state index in [1.54, 1.807) is 31.2 Å². The van der Waals surface area contributed by atoms with Gasteiger partial charge in [0.05, 0.1) is 6.61 Å². The number of carbonyl (C=O) groups excluding carboxylic acids is 3. The van der Waals surface area contributed by atoms with Gasteiger partial charge in [-0.15, -0.1) is 0 Å². The summed E-state index contributed by atoms with van der Waals surface area (Å²) in [5.41, 5.74) is -0.737. The smallest absolute Gasteiger partial charge is 0.320 e. The third-order valence-corrected chi connectivity index (χ3v) is 3.77. The molecule has 0 N–H and O–H groups in total. The van der Waals surface area contributed by atoms with Crippen LogP contribution < -0.4 is 0 Å². The van der Waals surface area contributed by atoms with Crippen molar-refractivity contribution in [2.24, 2.45) is 5.41 Å². The molecule has 1 aliphatic carbocycles. The lowest BCUT2D eigenvalue weighted by Gasteiger charge is -2.24. The fourth-order valence-electron chi connectivity index (χ4n) is 2.67. The van der Waals surface area contributed by atoms with Gasteiger partial charge in [0.2, 0.25) is 0 Å². The van der Waals surface area contributed by atoms with Crippen LogP contribution in [0.4, 0.5) is 0 Å². The Hall–Kier alpha value is -1.97. The van der Waals surface area contributed by atoms with Gasteiger partial charge >= 0.3 is 5.97 Å². The maximum Gasteiger partial charge on any atom is 0.320 e. The Balaban J connectivity index is 2.23. The van der Waals surface area contributed by atoms with Crippen molar-refractivity contribution < 1.29 is 19.1 Å². The first-order chi connectivity index (χ1) is 9.60. The van der Waals surface area contributed by atoms with Crippen LogP contribution in [-0.2, 0) is 14.3 Å². The largest absolute Gasteiger partial charge is 0.465 e. The van der Waals surface area contributed by atoms with Crippen molar-refractivity contribution in [3.63, 3.8) is 0 Å². The molecule has 1 aromatic carbocycles. The van der Waals surface area contributed by atoms with E-state index in [1.807, 2.05) is 6.07 Å². The standard InChI is InChI=1S/C16H18O4/c1-2-20-15(19)16(10-6-9-14(16)18)11-13(17)12-7-4-3-5-8-12/h3-5,7-8H,2,6,9-11H2,1H3/t16-/m1/s1. The van der Waals surface area contributed by atoms with Gasteiger partial charge in [-0.05, 0) is 19.8 Å². The average molecular weight is 274 g/mol. The summed E-state index contributed by atoms with van der Waals surface area (Å²) in [6.07, 6.45) is 1.30. The van der Waals surface area contributed by atoms with Gasteiger partial charge in [0, 0.05) is 18.4 Å². The third-order valence-electron chi connectivity index (χ3n) is 3.77. The molecule has 0 radical (unpaired) electrons. The molecule has 4 nitrogen and oxygen atoms in total. The fraction of sp³-hybridized carbons (Fsp3) is 0.438. The Morgan fingerprint density at radius 3 is 2.50 bits per heavy atom. The van der Waals surface area contributed by atoms with Crippen LogP contribution in [0, 0.1) is 5.41 Å². The lowest BCUT2D eigenvalue weighted by molar-refractivity contribution is -0.158. The normalized spacial score (nSPS) is 21.8. The Bertz CT molecular complexity index is 521. The van der Waals surface area contributed by atoms with Crippen molar-refractivity contribution in [1.29, 1.82) is 0 Å². The number of ether oxygens (including phenoxy) is 1. The fourth-order valence-corrected chi connectivity index (χ4v) is 2.67. The molecular formula is C16H18O4. The van der Waals surface area contributed by atoms with Crippen LogP contribution in [-0.4, -0.2) is 24.1 Å². The molecular weight excluding hydrogens is 256 g/mol. The van der Waals surface area contributed by atoms with Gasteiger partial charge < -0.3 is 4.74 Å². The van der Waals surface area contributed by atoms with Crippen LogP contribution in [0.5, 0.6) is 0 Å². The Morgan fingerprint density at radius 2 is 1.95 bits per heavy atom. The SMILES string of the molecule is CCOC(=O)[C@@]1(CC(=O)c2ccccc2)CCCC1=O. The molecule has 0 amide bonds. The van der Waals surface area contributed by atoms with Gasteiger partial charge in [-0.25, -0.2) is 0 Å². The van der Waals surface area contributed by atoms with E-state index in [4.69, 9.17) is 4.74 Å². The molecule has 0 heterocycles. The molecule has 106 valence electrons. The Labute approximate surface area is 118 Å². The molecule has 20 heavy (non-hydrogen) atoms. The van der Waals surface area contributed by atoms with Crippen molar-refractivity contribution in [3.8, 4) is 0 Å². The quantitative estimate of drug-likeness (QED) is 0.470. The maximum atomic E-state index is 12.3. The topological polar surface area (TPSA) is 60.4 Å². The van der Waals surface area contributed by atoms with Crippen LogP contribution in [0.15, 0.2) is 30.3 Å². The van der Waals surface area contributed by atoms with Gasteiger partial charge in [-0.3, -0.25) is 14.4 Å². The molecule has 0 aromatic heterocycles. The highest BCUT2D eigenvalue weighted by Gasteiger charge is 2.51. The summed E-state index contributed by atoms with van der Waals surface area (Å²) in [5.74, 6) is -0.902. The van der Waals surface area contributed by atoms with Crippen LogP contribution in [0.3, 0.4) is 0 Å². The third kappa shape index (κ3) is 2.64. The van der Waals surface area contributed by atoms with Crippen LogP contribution in [0.1, 0.15) is 43.0 Å². The second-order valence-electron chi connectivity index (χ2n) is 5.05. The zero-order valence-electron chi connectivity index (χ0n) is 11.6. The van der Waals surface area contributed by atoms with E-state index < -0.39 is 11.4 Å². The summed E-state index contributed by atoms with van der Waals surface area (Å²) in [5, 5.41) is 0. The summed E-state index contributed by atoms with van der Waals surface area (Å²) in [6.45, 7) is 1.91. The lowest BCUT2D eigenvalue weighted by atomic mass is 9.79. The highest BCUT2D eigenvalue weighted by atomic mass is 16.5. The number of Topliss-reactive ketones (excluding diaryl/α,β-unsaturated/α-hetero) is 2. The summed E-state index contributed by atoms with van der Waals surface area (Å²) >= 11 is 0. The van der Waals surface area contributed by atoms with E-state index in [0.29, 0.717) is 24.8 Å². The van der Waals surface area contributed by atoms with E-state index in [1.165, 1.54) is 0 Å². The Kier molecular flexibility index (Phi) is 4.32. The summed E-state index contributed by atoms with van der Waals surface area (Å²) < 4.78 is 5.02. The van der Waals surface area contributed by atoms with Gasteiger partial charge in [0.1, 0.15) is 5.41 Å². The van der Waals surface area contributed by atoms with Gasteiger partial charge in [0.25, 0.3) is 0 Å². The van der Waals surface area contributed by atoms with Crippen LogP contribution in [0.2, 0.25) is 0 Å². The molecule has 0 spiro atoms. The highest BCUT2D eigenvalue weighted by molar-refractivity contribution is 6.10. The minimum Gasteiger partial charge on any atom is -0.465 e. The number of ketones is 2. The number of esters is 1. The first-order valence-electron chi connectivity index (χ1n) is 6.89. The molecule has 1 fully saturated rings. The monoisotopic (exact) mass is 274 g/mol. The van der Waals surface area contributed by atoms with Crippen molar-refractivity contribution in [2.75, 3.05) is 6.61 Å². The molecule has 4 heteroatoms. The predicted molar refractivity (Wildman–Crippen MR) is 73.3 cm³/mol. The van der Waals surface area contributed by atoms with E-state index >= 15 is 0 Å². The minimum atomic E-state index is -1.26. The molecule has 0 aliphatic heterocycles.